The molecule has 108 heavy (non-hydrogen) atoms. The number of carboxylic acids is 2. The highest BCUT2D eigenvalue weighted by Crippen LogP contribution is 2.63. The molecule has 10 atom stereocenters. The minimum atomic E-state index is -4.60. The van der Waals surface area contributed by atoms with Crippen LogP contribution in [0.4, 0.5) is 21.4 Å². The predicted octanol–water partition coefficient (Wildman–Crippen LogP) is 6.05. The topological polar surface area (TPSA) is 438 Å². The molecule has 3 fully saturated rings. The number of fused-ring (bicyclic) bond motifs is 4. The zero-order valence-electron chi connectivity index (χ0n) is 60.8. The molecule has 1 saturated heterocycles. The molecule has 7 amide bonds. The molecular formula is C75H91N11O20S2. The van der Waals surface area contributed by atoms with E-state index in [-0.39, 0.29) is 66.1 Å². The lowest BCUT2D eigenvalue weighted by Gasteiger charge is -2.58. The van der Waals surface area contributed by atoms with E-state index < -0.39 is 132 Å². The average Bonchev–Trinajstić information content (AvgIpc) is 1.04. The summed E-state index contributed by atoms with van der Waals surface area (Å²) in [6.45, 7) is 11.0. The summed E-state index contributed by atoms with van der Waals surface area (Å²) in [5, 5.41) is 68.5. The van der Waals surface area contributed by atoms with Crippen molar-refractivity contribution in [2.45, 2.75) is 168 Å². The first kappa shape index (κ1) is 79.4. The van der Waals surface area contributed by atoms with E-state index in [1.807, 2.05) is 59.0 Å². The molecule has 3 aromatic carbocycles. The molecular weight excluding hydrogens is 1440 g/mol. The van der Waals surface area contributed by atoms with E-state index in [0.29, 0.717) is 76.1 Å². The van der Waals surface area contributed by atoms with Gasteiger partial charge in [0.2, 0.25) is 17.7 Å². The van der Waals surface area contributed by atoms with Crippen molar-refractivity contribution >= 4 is 102 Å². The molecule has 3 aliphatic heterocycles. The maximum Gasteiger partial charge on any atom is 0.410 e. The lowest BCUT2D eigenvalue weighted by Crippen LogP contribution is -2.59. The maximum atomic E-state index is 14.0. The lowest BCUT2D eigenvalue weighted by atomic mass is 9.48. The van der Waals surface area contributed by atoms with E-state index >= 15 is 0 Å². The number of amides is 7. The fourth-order valence-corrected chi connectivity index (χ4v) is 17.4. The van der Waals surface area contributed by atoms with Gasteiger partial charge in [-0.1, -0.05) is 75.8 Å². The fraction of sp³-hybridized carbons (Fsp3) is 0.493. The summed E-state index contributed by atoms with van der Waals surface area (Å²) < 4.78 is 54.5. The van der Waals surface area contributed by atoms with Crippen molar-refractivity contribution < 1.29 is 95.9 Å². The number of nitrogens with one attached hydrogen (secondary N) is 4. The summed E-state index contributed by atoms with van der Waals surface area (Å²) in [5.74, 6) is -7.69. The van der Waals surface area contributed by atoms with Gasteiger partial charge < -0.3 is 65.5 Å². The number of benzene rings is 3. The van der Waals surface area contributed by atoms with Crippen LogP contribution in [0.1, 0.15) is 135 Å². The number of ether oxygens (including phenoxy) is 3. The molecule has 6 aromatic rings. The summed E-state index contributed by atoms with van der Waals surface area (Å²) >= 11 is 1.39. The monoisotopic (exact) mass is 1530 g/mol. The van der Waals surface area contributed by atoms with Crippen LogP contribution in [-0.4, -0.2) is 209 Å². The number of aromatic nitrogens is 4. The first-order valence-electron chi connectivity index (χ1n) is 35.9. The van der Waals surface area contributed by atoms with Gasteiger partial charge in [0.1, 0.15) is 49.4 Å². The number of thiazole rings is 1. The highest BCUT2D eigenvalue weighted by Gasteiger charge is 2.53. The van der Waals surface area contributed by atoms with Crippen LogP contribution in [0.3, 0.4) is 0 Å². The number of aryl methyl sites for hydroxylation is 1. The zero-order valence-corrected chi connectivity index (χ0v) is 62.4. The van der Waals surface area contributed by atoms with Gasteiger partial charge >= 0.3 is 18.0 Å². The second-order valence-electron chi connectivity index (χ2n) is 30.0. The fourth-order valence-electron chi connectivity index (χ4n) is 16.1. The summed E-state index contributed by atoms with van der Waals surface area (Å²) in [6.07, 6.45) is 0.449. The van der Waals surface area contributed by atoms with Crippen molar-refractivity contribution in [2.24, 2.45) is 22.2 Å². The number of anilines is 3. The van der Waals surface area contributed by atoms with Gasteiger partial charge in [-0.25, -0.2) is 24.4 Å². The predicted molar refractivity (Wildman–Crippen MR) is 394 cm³/mol. The van der Waals surface area contributed by atoms with Gasteiger partial charge in [-0.3, -0.25) is 48.2 Å². The number of pyridine rings is 1. The number of carbonyl (C=O) groups excluding carboxylic acids is 7. The number of para-hydroxylation sites is 1. The van der Waals surface area contributed by atoms with Crippen LogP contribution in [0, 0.1) is 29.1 Å². The smallest absolute Gasteiger partial charge is 0.410 e. The van der Waals surface area contributed by atoms with E-state index in [9.17, 15) is 81.7 Å². The molecule has 0 radical (unpaired) electrons. The number of aromatic carboxylic acids is 1. The van der Waals surface area contributed by atoms with Crippen molar-refractivity contribution in [2.75, 3.05) is 60.7 Å². The molecule has 2 saturated carbocycles. The summed E-state index contributed by atoms with van der Waals surface area (Å²) in [6, 6.07) is 18.9. The Morgan fingerprint density at radius 3 is 2.31 bits per heavy atom. The third-order valence-corrected chi connectivity index (χ3v) is 22.8. The summed E-state index contributed by atoms with van der Waals surface area (Å²) in [7, 11) is -4.60. The average molecular weight is 1530 g/mol. The van der Waals surface area contributed by atoms with Crippen LogP contribution in [-0.2, 0) is 85.6 Å². The molecule has 31 nitrogen and oxygen atoms in total. The number of hydrogen-bond donors (Lipinski definition) is 10. The Bertz CT molecular complexity index is 4550. The highest BCUT2D eigenvalue weighted by atomic mass is 32.2. The van der Waals surface area contributed by atoms with Gasteiger partial charge in [0.05, 0.1) is 34.9 Å². The Kier molecular flexibility index (Phi) is 24.3. The largest absolute Gasteiger partial charge is 0.479 e. The van der Waals surface area contributed by atoms with E-state index in [4.69, 9.17) is 24.3 Å². The number of hydrogen-bond acceptors (Lipinski definition) is 22. The molecule has 2 bridgehead atoms. The van der Waals surface area contributed by atoms with Crippen molar-refractivity contribution in [3.63, 3.8) is 0 Å². The number of imide groups is 1. The molecule has 0 spiro atoms. The first-order chi connectivity index (χ1) is 51.2. The van der Waals surface area contributed by atoms with E-state index in [0.717, 1.165) is 82.6 Å². The number of aliphatic carboxylic acids is 1. The van der Waals surface area contributed by atoms with Crippen LogP contribution >= 0.6 is 11.3 Å². The van der Waals surface area contributed by atoms with Crippen molar-refractivity contribution in [3.8, 4) is 11.1 Å². The Morgan fingerprint density at radius 1 is 0.824 bits per heavy atom. The lowest BCUT2D eigenvalue weighted by molar-refractivity contribution is -0.228. The number of carboxylic acid groups (broad SMARTS) is 2. The normalized spacial score (nSPS) is 23.2. The molecule has 11 rings (SSSR count). The molecule has 33 heteroatoms. The highest BCUT2D eigenvalue weighted by molar-refractivity contribution is 7.85. The van der Waals surface area contributed by atoms with Crippen molar-refractivity contribution in [3.05, 3.63) is 130 Å². The molecule has 3 unspecified atom stereocenters. The number of aliphatic hydroxyl groups excluding tert-OH is 3. The Labute approximate surface area is 627 Å². The van der Waals surface area contributed by atoms with Crippen LogP contribution in [0.2, 0.25) is 0 Å². The Balaban J connectivity index is 0.719. The third-order valence-electron chi connectivity index (χ3n) is 21.2. The van der Waals surface area contributed by atoms with Crippen LogP contribution in [0.5, 0.6) is 0 Å². The van der Waals surface area contributed by atoms with E-state index in [2.05, 4.69) is 40.1 Å². The van der Waals surface area contributed by atoms with Crippen molar-refractivity contribution in [1.29, 1.82) is 0 Å². The Morgan fingerprint density at radius 2 is 1.58 bits per heavy atom. The number of aliphatic hydroxyl groups is 3. The molecule has 5 aliphatic rings. The molecule has 6 heterocycles. The van der Waals surface area contributed by atoms with Gasteiger partial charge in [0.25, 0.3) is 27.8 Å². The SMILES string of the molecule is Cc1c(-c2ccc(N3CCc4cccc(C(=O)Nc5nc6ccccc6s5)c4C3)nc2C(=O)O)cnn1CC12CCCC(C)(CC(C)(CCOCCN(CCS(=O)(=O)O)C(=O)OCc3ccc(NC(=O)[C@H](C)NC(=O)[C@@H](NC(=O)CN4C(=O)C=CC4=O)C(C)C)cc3CC[C@@H]3O[C@H](C(=O)O)[C@@H](O)[C@H](O)[C@H]3O)C1)C2. The quantitative estimate of drug-likeness (QED) is 0.0139. The van der Waals surface area contributed by atoms with E-state index in [1.165, 1.54) is 36.5 Å². The van der Waals surface area contributed by atoms with Crippen LogP contribution in [0.15, 0.2) is 91.1 Å². The Hall–Kier alpha value is -9.61. The number of nitrogens with zero attached hydrogens (tertiary/aromatic N) is 7. The molecule has 10 N–H and O–H groups in total. The number of carbonyl (C=O) groups is 9. The summed E-state index contributed by atoms with van der Waals surface area (Å²) in [4.78, 5) is 130. The molecule has 578 valence electrons. The first-order valence-corrected chi connectivity index (χ1v) is 38.3. The van der Waals surface area contributed by atoms with Crippen molar-refractivity contribution in [1.82, 2.24) is 40.2 Å². The minimum Gasteiger partial charge on any atom is -0.479 e. The van der Waals surface area contributed by atoms with Gasteiger partial charge in [-0.05, 0) is 159 Å². The third kappa shape index (κ3) is 18.7. The van der Waals surface area contributed by atoms with Gasteiger partial charge in [-0.15, -0.1) is 0 Å². The molecule has 3 aromatic heterocycles. The van der Waals surface area contributed by atoms with Gasteiger partial charge in [0, 0.05) is 79.6 Å². The second kappa shape index (κ2) is 33.1. The number of rotatable bonds is 30. The van der Waals surface area contributed by atoms with Gasteiger partial charge in [0.15, 0.2) is 16.9 Å². The van der Waals surface area contributed by atoms with Crippen LogP contribution in [0.25, 0.3) is 21.3 Å². The summed E-state index contributed by atoms with van der Waals surface area (Å²) in [5.41, 5.74) is 5.21. The van der Waals surface area contributed by atoms with Crippen LogP contribution < -0.4 is 26.2 Å². The molecule has 2 aliphatic carbocycles. The minimum absolute atomic E-state index is 0.0205. The zero-order chi connectivity index (χ0) is 77.7. The second-order valence-corrected chi connectivity index (χ2v) is 32.6. The van der Waals surface area contributed by atoms with Gasteiger partial charge in [-0.2, -0.15) is 13.5 Å². The standard InChI is InChI=1S/C75H91N11O20S2/c1-42(2)60(81-57(87)36-85-58(88)21-22-59(85)89)68(95)77-43(3)66(93)78-48-17-15-47(46(33-48)16-19-54-62(90)63(91)64(92)65(106-54)70(98)99)37-105-72(100)83(29-32-108(101,102)103)28-31-104-30-26-74(6)38-73(5)24-10-25-75(39-73,40-74)41-86-44(4)51(34-76-86)49-18-20-56(80-61(49)69(96)97)84-27-23-45-11-9-12-50(52(45)35-84)67(94)82-71-79-53-13-7-8-14-55(53)107-71/h7-9,11-15,17-18,20-22,33-34,42-43,54,60,62-65,90-92H,10,16,19,23-32,35-41H2,1-6H3,(H,77,95)(H,78,93)(H,81,87)(H,96,97)(H,98,99)(H,79,82,94)(H,101,102,103)/t43-,54-,60-,62-,63+,64-,65-,73?,74?,75?/m0/s1. The van der Waals surface area contributed by atoms with E-state index in [1.54, 1.807) is 32.2 Å². The maximum absolute atomic E-state index is 14.0.